The van der Waals surface area contributed by atoms with E-state index in [4.69, 9.17) is 20.0 Å². The molecular weight excluding hydrogens is 180 g/mol. The number of benzene rings is 1. The van der Waals surface area contributed by atoms with Gasteiger partial charge < -0.3 is 9.47 Å². The van der Waals surface area contributed by atoms with Gasteiger partial charge in [0.25, 0.3) is 0 Å². The SMILES string of the molecule is N#CC(C#N)c1ccc2c(c1)OCO2. The molecule has 14 heavy (non-hydrogen) atoms. The maximum Gasteiger partial charge on any atom is 0.231 e. The van der Waals surface area contributed by atoms with Crippen molar-refractivity contribution in [2.75, 3.05) is 6.79 Å². The molecule has 0 fully saturated rings. The molecule has 0 spiro atoms. The summed E-state index contributed by atoms with van der Waals surface area (Å²) in [5, 5.41) is 17.4. The standard InChI is InChI=1S/C10H6N2O2/c11-4-8(5-12)7-1-2-9-10(3-7)14-6-13-9/h1-3,8H,6H2. The molecule has 0 saturated heterocycles. The fourth-order valence-electron chi connectivity index (χ4n) is 1.27. The van der Waals surface area contributed by atoms with Crippen LogP contribution in [0.3, 0.4) is 0 Å². The molecule has 1 heterocycles. The van der Waals surface area contributed by atoms with E-state index in [1.54, 1.807) is 18.2 Å². The molecule has 0 amide bonds. The smallest absolute Gasteiger partial charge is 0.231 e. The molecule has 0 radical (unpaired) electrons. The summed E-state index contributed by atoms with van der Waals surface area (Å²) in [4.78, 5) is 0. The summed E-state index contributed by atoms with van der Waals surface area (Å²) in [7, 11) is 0. The summed E-state index contributed by atoms with van der Waals surface area (Å²) in [6, 6.07) is 8.88. The Morgan fingerprint density at radius 3 is 2.57 bits per heavy atom. The van der Waals surface area contributed by atoms with Gasteiger partial charge in [-0.25, -0.2) is 0 Å². The van der Waals surface area contributed by atoms with Crippen LogP contribution in [-0.4, -0.2) is 6.79 Å². The Kier molecular flexibility index (Phi) is 1.96. The van der Waals surface area contributed by atoms with E-state index in [0.29, 0.717) is 17.1 Å². The first-order valence-electron chi connectivity index (χ1n) is 4.04. The van der Waals surface area contributed by atoms with Gasteiger partial charge in [0.05, 0.1) is 12.1 Å². The van der Waals surface area contributed by atoms with Gasteiger partial charge in [0.1, 0.15) is 0 Å². The molecule has 0 bridgehead atoms. The zero-order valence-corrected chi connectivity index (χ0v) is 7.23. The Labute approximate surface area is 80.9 Å². The van der Waals surface area contributed by atoms with Crippen molar-refractivity contribution in [3.05, 3.63) is 23.8 Å². The van der Waals surface area contributed by atoms with Crippen molar-refractivity contribution >= 4 is 0 Å². The van der Waals surface area contributed by atoms with Gasteiger partial charge in [-0.15, -0.1) is 0 Å². The van der Waals surface area contributed by atoms with E-state index in [9.17, 15) is 0 Å². The van der Waals surface area contributed by atoms with Crippen LogP contribution in [-0.2, 0) is 0 Å². The van der Waals surface area contributed by atoms with Crippen LogP contribution in [0, 0.1) is 22.7 Å². The molecule has 0 N–H and O–H groups in total. The first-order valence-corrected chi connectivity index (χ1v) is 4.04. The van der Waals surface area contributed by atoms with Crippen LogP contribution >= 0.6 is 0 Å². The van der Waals surface area contributed by atoms with Gasteiger partial charge >= 0.3 is 0 Å². The van der Waals surface area contributed by atoms with E-state index in [1.165, 1.54) is 0 Å². The molecule has 0 unspecified atom stereocenters. The van der Waals surface area contributed by atoms with Gasteiger partial charge in [-0.05, 0) is 17.7 Å². The van der Waals surface area contributed by atoms with Crippen molar-refractivity contribution in [3.8, 4) is 23.6 Å². The van der Waals surface area contributed by atoms with E-state index in [0.717, 1.165) is 0 Å². The third kappa shape index (κ3) is 1.23. The van der Waals surface area contributed by atoms with Gasteiger partial charge in [-0.1, -0.05) is 6.07 Å². The second-order valence-electron chi connectivity index (χ2n) is 2.80. The van der Waals surface area contributed by atoms with Crippen LogP contribution in [0.5, 0.6) is 11.5 Å². The Morgan fingerprint density at radius 2 is 1.86 bits per heavy atom. The zero-order chi connectivity index (χ0) is 9.97. The number of fused-ring (bicyclic) bond motifs is 1. The molecule has 0 atom stereocenters. The van der Waals surface area contributed by atoms with Gasteiger partial charge in [0.2, 0.25) is 6.79 Å². The van der Waals surface area contributed by atoms with Crippen LogP contribution in [0.25, 0.3) is 0 Å². The number of ether oxygens (including phenoxy) is 2. The molecule has 0 saturated carbocycles. The highest BCUT2D eigenvalue weighted by atomic mass is 16.7. The predicted molar refractivity (Wildman–Crippen MR) is 46.5 cm³/mol. The lowest BCUT2D eigenvalue weighted by molar-refractivity contribution is 0.174. The molecule has 2 rings (SSSR count). The highest BCUT2D eigenvalue weighted by molar-refractivity contribution is 5.47. The average molecular weight is 186 g/mol. The number of nitrogens with zero attached hydrogens (tertiary/aromatic N) is 2. The van der Waals surface area contributed by atoms with Crippen molar-refractivity contribution in [2.24, 2.45) is 0 Å². The normalized spacial score (nSPS) is 12.2. The van der Waals surface area contributed by atoms with Gasteiger partial charge in [-0.3, -0.25) is 0 Å². The summed E-state index contributed by atoms with van der Waals surface area (Å²) in [6.45, 7) is 0.197. The molecule has 68 valence electrons. The van der Waals surface area contributed by atoms with Crippen LogP contribution in [0.2, 0.25) is 0 Å². The zero-order valence-electron chi connectivity index (χ0n) is 7.23. The highest BCUT2D eigenvalue weighted by Gasteiger charge is 2.17. The Balaban J connectivity index is 2.39. The summed E-state index contributed by atoms with van der Waals surface area (Å²) >= 11 is 0. The summed E-state index contributed by atoms with van der Waals surface area (Å²) in [6.07, 6.45) is 0. The maximum atomic E-state index is 8.68. The molecule has 1 aliphatic rings. The minimum absolute atomic E-state index is 0.197. The van der Waals surface area contributed by atoms with Crippen LogP contribution in [0.1, 0.15) is 11.5 Å². The summed E-state index contributed by atoms with van der Waals surface area (Å²) in [5.41, 5.74) is 0.638. The van der Waals surface area contributed by atoms with Crippen molar-refractivity contribution in [1.82, 2.24) is 0 Å². The van der Waals surface area contributed by atoms with Crippen molar-refractivity contribution in [2.45, 2.75) is 5.92 Å². The predicted octanol–water partition coefficient (Wildman–Crippen LogP) is 1.55. The lowest BCUT2D eigenvalue weighted by Gasteiger charge is -2.01. The quantitative estimate of drug-likeness (QED) is 0.667. The molecule has 1 aliphatic heterocycles. The molecule has 4 heteroatoms. The van der Waals surface area contributed by atoms with Crippen LogP contribution < -0.4 is 9.47 Å². The number of rotatable bonds is 1. The number of hydrogen-bond donors (Lipinski definition) is 0. The molecule has 4 nitrogen and oxygen atoms in total. The number of hydrogen-bond acceptors (Lipinski definition) is 4. The van der Waals surface area contributed by atoms with Crippen LogP contribution in [0.4, 0.5) is 0 Å². The third-order valence-corrected chi connectivity index (χ3v) is 1.99. The van der Waals surface area contributed by atoms with E-state index in [2.05, 4.69) is 0 Å². The topological polar surface area (TPSA) is 66.0 Å². The average Bonchev–Trinajstić information content (AvgIpc) is 2.66. The van der Waals surface area contributed by atoms with Gasteiger partial charge in [0.15, 0.2) is 17.4 Å². The van der Waals surface area contributed by atoms with E-state index in [-0.39, 0.29) is 6.79 Å². The van der Waals surface area contributed by atoms with Crippen LogP contribution in [0.15, 0.2) is 18.2 Å². The molecule has 0 aromatic heterocycles. The molecule has 1 aromatic carbocycles. The monoisotopic (exact) mass is 186 g/mol. The van der Waals surface area contributed by atoms with E-state index in [1.807, 2.05) is 12.1 Å². The van der Waals surface area contributed by atoms with Gasteiger partial charge in [-0.2, -0.15) is 10.5 Å². The molecular formula is C10H6N2O2. The van der Waals surface area contributed by atoms with Crippen molar-refractivity contribution in [3.63, 3.8) is 0 Å². The second-order valence-corrected chi connectivity index (χ2v) is 2.80. The Bertz CT molecular complexity index is 428. The minimum Gasteiger partial charge on any atom is -0.454 e. The summed E-state index contributed by atoms with van der Waals surface area (Å²) < 4.78 is 10.2. The maximum absolute atomic E-state index is 8.68. The van der Waals surface area contributed by atoms with E-state index >= 15 is 0 Å². The fraction of sp³-hybridized carbons (Fsp3) is 0.200. The fourth-order valence-corrected chi connectivity index (χ4v) is 1.27. The number of nitriles is 2. The van der Waals surface area contributed by atoms with E-state index < -0.39 is 5.92 Å². The Hall–Kier alpha value is -2.20. The molecule has 1 aromatic rings. The molecule has 0 aliphatic carbocycles. The Morgan fingerprint density at radius 1 is 1.14 bits per heavy atom. The first-order chi connectivity index (χ1) is 6.85. The first kappa shape index (κ1) is 8.40. The van der Waals surface area contributed by atoms with Gasteiger partial charge in [0, 0.05) is 0 Å². The minimum atomic E-state index is -0.746. The third-order valence-electron chi connectivity index (χ3n) is 1.99. The lowest BCUT2D eigenvalue weighted by atomic mass is 10.0. The summed E-state index contributed by atoms with van der Waals surface area (Å²) in [5.74, 6) is 0.505. The van der Waals surface area contributed by atoms with Crippen molar-refractivity contribution in [1.29, 1.82) is 10.5 Å². The largest absolute Gasteiger partial charge is 0.454 e. The highest BCUT2D eigenvalue weighted by Crippen LogP contribution is 2.34. The van der Waals surface area contributed by atoms with Crippen molar-refractivity contribution < 1.29 is 9.47 Å². The second kappa shape index (κ2) is 3.27. The lowest BCUT2D eigenvalue weighted by Crippen LogP contribution is -1.93.